The Hall–Kier alpha value is -2.78. The lowest BCUT2D eigenvalue weighted by molar-refractivity contribution is 0.168. The summed E-state index contributed by atoms with van der Waals surface area (Å²) in [6.07, 6.45) is 1.28. The highest BCUT2D eigenvalue weighted by Gasteiger charge is 2.40. The molecule has 0 aliphatic carbocycles. The molecule has 2 aromatic rings. The first-order valence-electron chi connectivity index (χ1n) is 10.2. The molecule has 1 saturated heterocycles. The smallest absolute Gasteiger partial charge is 0.404 e. The van der Waals surface area contributed by atoms with Crippen molar-refractivity contribution in [3.63, 3.8) is 0 Å². The second kappa shape index (κ2) is 8.53. The zero-order valence-electron chi connectivity index (χ0n) is 16.6. The highest BCUT2D eigenvalue weighted by atomic mass is 32.2. The van der Waals surface area contributed by atoms with E-state index in [0.29, 0.717) is 30.0 Å². The van der Waals surface area contributed by atoms with Gasteiger partial charge in [0.2, 0.25) is 0 Å². The Bertz CT molecular complexity index is 991. The van der Waals surface area contributed by atoms with Crippen molar-refractivity contribution < 1.29 is 18.3 Å². The summed E-state index contributed by atoms with van der Waals surface area (Å²) in [5.74, 6) is 0. The summed E-state index contributed by atoms with van der Waals surface area (Å²) in [5.41, 5.74) is 2.00. The maximum atomic E-state index is 13.4. The van der Waals surface area contributed by atoms with Gasteiger partial charge in [-0.25, -0.2) is 9.10 Å². The van der Waals surface area contributed by atoms with Gasteiger partial charge in [-0.15, -0.1) is 0 Å². The number of hydrogen-bond acceptors (Lipinski definition) is 4. The molecule has 2 aliphatic rings. The average molecular weight is 431 g/mol. The molecule has 160 valence electrons. The number of rotatable bonds is 6. The lowest BCUT2D eigenvalue weighted by atomic mass is 10.1. The zero-order valence-corrected chi connectivity index (χ0v) is 17.5. The second-order valence-corrected chi connectivity index (χ2v) is 9.29. The minimum atomic E-state index is -3.69. The van der Waals surface area contributed by atoms with Crippen LogP contribution in [0.5, 0.6) is 0 Å². The molecule has 30 heavy (non-hydrogen) atoms. The number of nitrogens with zero attached hydrogens (tertiary/aromatic N) is 3. The normalized spacial score (nSPS) is 18.9. The highest BCUT2D eigenvalue weighted by Crippen LogP contribution is 2.44. The second-order valence-electron chi connectivity index (χ2n) is 7.59. The molecule has 9 heteroatoms. The molecular weight excluding hydrogens is 404 g/mol. The summed E-state index contributed by atoms with van der Waals surface area (Å²) < 4.78 is 29.6. The van der Waals surface area contributed by atoms with Gasteiger partial charge in [-0.2, -0.15) is 8.42 Å². The van der Waals surface area contributed by atoms with Crippen LogP contribution in [0.3, 0.4) is 0 Å². The Morgan fingerprint density at radius 3 is 2.27 bits per heavy atom. The van der Waals surface area contributed by atoms with Gasteiger partial charge >= 0.3 is 16.3 Å². The third-order valence-electron chi connectivity index (χ3n) is 5.62. The Balaban J connectivity index is 1.42. The van der Waals surface area contributed by atoms with E-state index >= 15 is 0 Å². The molecule has 2 aromatic carbocycles. The van der Waals surface area contributed by atoms with Gasteiger partial charge in [-0.05, 0) is 50.1 Å². The van der Waals surface area contributed by atoms with Crippen molar-refractivity contribution in [2.24, 2.45) is 0 Å². The molecule has 0 bridgehead atoms. The lowest BCUT2D eigenvalue weighted by Gasteiger charge is -2.32. The first-order valence-corrected chi connectivity index (χ1v) is 11.6. The van der Waals surface area contributed by atoms with Gasteiger partial charge in [0.1, 0.15) is 0 Å². The molecule has 8 nitrogen and oxygen atoms in total. The number of carbonyl (C=O) groups is 1. The van der Waals surface area contributed by atoms with Crippen LogP contribution in [0.15, 0.2) is 54.6 Å². The molecular formula is C21H26N4O4S. The third-order valence-corrected chi connectivity index (χ3v) is 7.43. The van der Waals surface area contributed by atoms with Crippen molar-refractivity contribution in [1.82, 2.24) is 10.2 Å². The first-order chi connectivity index (χ1) is 14.5. The van der Waals surface area contributed by atoms with Crippen LogP contribution in [0.1, 0.15) is 19.3 Å². The van der Waals surface area contributed by atoms with E-state index in [1.54, 1.807) is 12.1 Å². The van der Waals surface area contributed by atoms with Crippen molar-refractivity contribution in [3.8, 4) is 0 Å². The molecule has 0 saturated carbocycles. The number of fused-ring (bicyclic) bond motifs is 1. The van der Waals surface area contributed by atoms with Crippen molar-refractivity contribution >= 4 is 33.4 Å². The maximum absolute atomic E-state index is 13.4. The van der Waals surface area contributed by atoms with Gasteiger partial charge in [-0.3, -0.25) is 4.31 Å². The monoisotopic (exact) mass is 430 g/mol. The quantitative estimate of drug-likeness (QED) is 0.735. The van der Waals surface area contributed by atoms with Gasteiger partial charge in [0.25, 0.3) is 0 Å². The largest absolute Gasteiger partial charge is 0.465 e. The van der Waals surface area contributed by atoms with E-state index < -0.39 is 16.3 Å². The minimum absolute atomic E-state index is 0.00372. The maximum Gasteiger partial charge on any atom is 0.404 e. The van der Waals surface area contributed by atoms with Crippen LogP contribution in [0, 0.1) is 0 Å². The number of likely N-dealkylation sites (tertiary alicyclic amines) is 1. The van der Waals surface area contributed by atoms with Gasteiger partial charge in [0.15, 0.2) is 0 Å². The molecule has 1 fully saturated rings. The summed E-state index contributed by atoms with van der Waals surface area (Å²) in [7, 11) is -3.69. The summed E-state index contributed by atoms with van der Waals surface area (Å²) in [6, 6.07) is 16.5. The van der Waals surface area contributed by atoms with Gasteiger partial charge < -0.3 is 15.3 Å². The van der Waals surface area contributed by atoms with Gasteiger partial charge in [0, 0.05) is 25.7 Å². The summed E-state index contributed by atoms with van der Waals surface area (Å²) >= 11 is 0. The Morgan fingerprint density at radius 2 is 1.60 bits per heavy atom. The van der Waals surface area contributed by atoms with Crippen LogP contribution in [0.25, 0.3) is 0 Å². The van der Waals surface area contributed by atoms with Crippen LogP contribution < -0.4 is 13.9 Å². The number of nitrogens with one attached hydrogen (secondary N) is 1. The first kappa shape index (κ1) is 20.5. The van der Waals surface area contributed by atoms with E-state index in [4.69, 9.17) is 5.11 Å². The Labute approximate surface area is 176 Å². The molecule has 0 spiro atoms. The molecule has 0 atom stereocenters. The summed E-state index contributed by atoms with van der Waals surface area (Å²) in [4.78, 5) is 13.0. The molecule has 4 rings (SSSR count). The fourth-order valence-corrected chi connectivity index (χ4v) is 5.93. The molecule has 2 N–H and O–H groups in total. The predicted molar refractivity (Wildman–Crippen MR) is 117 cm³/mol. The predicted octanol–water partition coefficient (Wildman–Crippen LogP) is 3.01. The number of hydrogen-bond donors (Lipinski definition) is 2. The molecule has 0 radical (unpaired) electrons. The van der Waals surface area contributed by atoms with E-state index in [-0.39, 0.29) is 6.04 Å². The number of benzene rings is 2. The third kappa shape index (κ3) is 4.08. The number of piperidine rings is 1. The van der Waals surface area contributed by atoms with E-state index in [1.807, 2.05) is 42.5 Å². The van der Waals surface area contributed by atoms with Crippen molar-refractivity contribution in [2.45, 2.75) is 25.3 Å². The standard InChI is InChI=1S/C21H26N4O4S/c26-21(27)22-17-11-15-23(16-12-17)13-6-14-24-19-9-4-5-10-20(19)25(30(24,28)29)18-7-2-1-3-8-18/h1-5,7-10,17,22H,6,11-16H2,(H,26,27). The van der Waals surface area contributed by atoms with Crippen LogP contribution in [0.2, 0.25) is 0 Å². The molecule has 1 amide bonds. The number of carboxylic acid groups (broad SMARTS) is 1. The molecule has 2 heterocycles. The summed E-state index contributed by atoms with van der Waals surface area (Å²) in [5, 5.41) is 11.4. The lowest BCUT2D eigenvalue weighted by Crippen LogP contribution is -2.45. The number of para-hydroxylation sites is 3. The molecule has 0 unspecified atom stereocenters. The van der Waals surface area contributed by atoms with Crippen LogP contribution in [-0.2, 0) is 10.2 Å². The SMILES string of the molecule is O=C(O)NC1CCN(CCCN2c3ccccc3N(c3ccccc3)S2(=O)=O)CC1. The zero-order chi connectivity index (χ0) is 21.1. The van der Waals surface area contributed by atoms with E-state index in [1.165, 1.54) is 8.61 Å². The molecule has 0 aromatic heterocycles. The number of amides is 1. The van der Waals surface area contributed by atoms with Gasteiger partial charge in [-0.1, -0.05) is 30.3 Å². The van der Waals surface area contributed by atoms with Crippen molar-refractivity contribution in [2.75, 3.05) is 34.8 Å². The summed E-state index contributed by atoms with van der Waals surface area (Å²) in [6.45, 7) is 2.80. The fraction of sp³-hybridized carbons (Fsp3) is 0.381. The minimum Gasteiger partial charge on any atom is -0.465 e. The van der Waals surface area contributed by atoms with Crippen molar-refractivity contribution in [1.29, 1.82) is 0 Å². The topological polar surface area (TPSA) is 93.2 Å². The Kier molecular flexibility index (Phi) is 5.83. The highest BCUT2D eigenvalue weighted by molar-refractivity contribution is 7.95. The van der Waals surface area contributed by atoms with Crippen LogP contribution in [0.4, 0.5) is 21.9 Å². The van der Waals surface area contributed by atoms with Crippen molar-refractivity contribution in [3.05, 3.63) is 54.6 Å². The molecule has 2 aliphatic heterocycles. The Morgan fingerprint density at radius 1 is 0.967 bits per heavy atom. The van der Waals surface area contributed by atoms with Gasteiger partial charge in [0.05, 0.1) is 17.1 Å². The average Bonchev–Trinajstić information content (AvgIpc) is 2.96. The number of anilines is 3. The van der Waals surface area contributed by atoms with Crippen LogP contribution >= 0.6 is 0 Å². The van der Waals surface area contributed by atoms with E-state index in [9.17, 15) is 13.2 Å². The van der Waals surface area contributed by atoms with E-state index in [2.05, 4.69) is 10.2 Å². The van der Waals surface area contributed by atoms with Crippen LogP contribution in [-0.4, -0.2) is 56.7 Å². The fourth-order valence-electron chi connectivity index (χ4n) is 4.18. The van der Waals surface area contributed by atoms with E-state index in [0.717, 1.165) is 32.5 Å².